The minimum atomic E-state index is 0. The number of carbonyl (C=O) groups excluding carboxylic acids is 2. The highest BCUT2D eigenvalue weighted by Gasteiger charge is 2.23. The third kappa shape index (κ3) is 11.7. The van der Waals surface area contributed by atoms with E-state index in [4.69, 9.17) is 10.5 Å². The van der Waals surface area contributed by atoms with Gasteiger partial charge in [-0.3, -0.25) is 14.6 Å². The minimum absolute atomic E-state index is 0. The van der Waals surface area contributed by atoms with Crippen LogP contribution in [0.4, 0.5) is 0 Å². The molecule has 9 heteroatoms. The molecule has 0 aromatic heterocycles. The number of carbonyl (C=O) groups is 2. The molecule has 0 unspecified atom stereocenters. The van der Waals surface area contributed by atoms with Gasteiger partial charge in [-0.15, -0.1) is 24.0 Å². The first-order valence-corrected chi connectivity index (χ1v) is 10.0. The van der Waals surface area contributed by atoms with E-state index < -0.39 is 0 Å². The Labute approximate surface area is 186 Å². The Kier molecular flexibility index (Phi) is 15.2. The van der Waals surface area contributed by atoms with Crippen LogP contribution in [0.1, 0.15) is 46.0 Å². The van der Waals surface area contributed by atoms with Crippen LogP contribution in [0.5, 0.6) is 0 Å². The fourth-order valence-electron chi connectivity index (χ4n) is 2.94. The predicted molar refractivity (Wildman–Crippen MR) is 123 cm³/mol. The number of amides is 2. The molecule has 0 bridgehead atoms. The molecular weight excluding hydrogens is 473 g/mol. The molecule has 0 aliphatic carbocycles. The van der Waals surface area contributed by atoms with Crippen molar-refractivity contribution in [3.63, 3.8) is 0 Å². The van der Waals surface area contributed by atoms with Crippen LogP contribution in [0.3, 0.4) is 0 Å². The van der Waals surface area contributed by atoms with Crippen molar-refractivity contribution >= 4 is 41.8 Å². The number of aliphatic imine (C=N–C) groups is 1. The van der Waals surface area contributed by atoms with Crippen molar-refractivity contribution in [2.75, 3.05) is 53.0 Å². The Morgan fingerprint density at radius 3 is 2.25 bits per heavy atom. The molecule has 164 valence electrons. The summed E-state index contributed by atoms with van der Waals surface area (Å²) in [6.45, 7) is 8.62. The van der Waals surface area contributed by atoms with Gasteiger partial charge in [0.05, 0.1) is 6.61 Å². The second-order valence-electron chi connectivity index (χ2n) is 7.36. The molecule has 1 heterocycles. The van der Waals surface area contributed by atoms with Crippen molar-refractivity contribution in [2.24, 2.45) is 16.6 Å². The fourth-order valence-corrected chi connectivity index (χ4v) is 2.94. The van der Waals surface area contributed by atoms with Crippen LogP contribution in [-0.4, -0.2) is 80.6 Å². The maximum atomic E-state index is 12.3. The Bertz CT molecular complexity index is 480. The molecular formula is C19H38IN5O3. The summed E-state index contributed by atoms with van der Waals surface area (Å²) in [5.41, 5.74) is 5.73. The summed E-state index contributed by atoms with van der Waals surface area (Å²) in [6.07, 6.45) is 3.87. The molecule has 0 spiro atoms. The summed E-state index contributed by atoms with van der Waals surface area (Å²) in [6, 6.07) is 0. The molecule has 0 radical (unpaired) electrons. The van der Waals surface area contributed by atoms with E-state index in [1.54, 1.807) is 7.11 Å². The van der Waals surface area contributed by atoms with Gasteiger partial charge in [0.25, 0.3) is 0 Å². The molecule has 1 rings (SSSR count). The van der Waals surface area contributed by atoms with Crippen molar-refractivity contribution in [2.45, 2.75) is 46.0 Å². The normalized spacial score (nSPS) is 14.8. The lowest BCUT2D eigenvalue weighted by Crippen LogP contribution is -2.50. The van der Waals surface area contributed by atoms with Crippen LogP contribution in [-0.2, 0) is 14.3 Å². The smallest absolute Gasteiger partial charge is 0.222 e. The molecule has 8 nitrogen and oxygen atoms in total. The van der Waals surface area contributed by atoms with Gasteiger partial charge in [-0.1, -0.05) is 20.3 Å². The van der Waals surface area contributed by atoms with Gasteiger partial charge >= 0.3 is 0 Å². The molecule has 1 fully saturated rings. The topological polar surface area (TPSA) is 100 Å². The quantitative estimate of drug-likeness (QED) is 0.189. The molecule has 0 aromatic rings. The molecule has 1 saturated heterocycles. The lowest BCUT2D eigenvalue weighted by molar-refractivity contribution is -0.140. The monoisotopic (exact) mass is 511 g/mol. The number of ether oxygens (including phenoxy) is 1. The summed E-state index contributed by atoms with van der Waals surface area (Å²) in [7, 11) is 1.64. The predicted octanol–water partition coefficient (Wildman–Crippen LogP) is 1.43. The van der Waals surface area contributed by atoms with Crippen LogP contribution in [0, 0.1) is 5.92 Å². The average Bonchev–Trinajstić information content (AvgIpc) is 2.64. The van der Waals surface area contributed by atoms with Gasteiger partial charge in [0, 0.05) is 59.2 Å². The lowest BCUT2D eigenvalue weighted by atomic mass is 10.1. The van der Waals surface area contributed by atoms with Crippen LogP contribution >= 0.6 is 24.0 Å². The number of halogens is 1. The first kappa shape index (κ1) is 26.9. The summed E-state index contributed by atoms with van der Waals surface area (Å²) in [4.78, 5) is 32.4. The molecule has 0 atom stereocenters. The Morgan fingerprint density at radius 1 is 1.07 bits per heavy atom. The number of methoxy groups -OCH3 is 1. The highest BCUT2D eigenvalue weighted by atomic mass is 127. The zero-order valence-corrected chi connectivity index (χ0v) is 19.9. The second-order valence-corrected chi connectivity index (χ2v) is 7.36. The molecule has 0 aromatic carbocycles. The van der Waals surface area contributed by atoms with E-state index in [1.165, 1.54) is 0 Å². The summed E-state index contributed by atoms with van der Waals surface area (Å²) in [5, 5.41) is 2.97. The van der Waals surface area contributed by atoms with Crippen molar-refractivity contribution in [1.82, 2.24) is 15.1 Å². The number of unbranched alkanes of at least 4 members (excludes halogenated alkanes) is 2. The van der Waals surface area contributed by atoms with Crippen LogP contribution < -0.4 is 11.1 Å². The van der Waals surface area contributed by atoms with E-state index in [0.29, 0.717) is 70.6 Å². The Morgan fingerprint density at radius 2 is 1.68 bits per heavy atom. The van der Waals surface area contributed by atoms with E-state index in [2.05, 4.69) is 24.2 Å². The van der Waals surface area contributed by atoms with Crippen molar-refractivity contribution < 1.29 is 14.3 Å². The van der Waals surface area contributed by atoms with E-state index in [0.717, 1.165) is 19.3 Å². The zero-order valence-electron chi connectivity index (χ0n) is 17.6. The minimum Gasteiger partial charge on any atom is -0.383 e. The number of nitrogens with zero attached hydrogens (tertiary/aromatic N) is 3. The van der Waals surface area contributed by atoms with E-state index in [1.807, 2.05) is 9.80 Å². The van der Waals surface area contributed by atoms with Crippen molar-refractivity contribution in [3.8, 4) is 0 Å². The van der Waals surface area contributed by atoms with Crippen molar-refractivity contribution in [1.29, 1.82) is 0 Å². The highest BCUT2D eigenvalue weighted by Crippen LogP contribution is 2.10. The molecule has 0 saturated carbocycles. The van der Waals surface area contributed by atoms with Gasteiger partial charge in [0.1, 0.15) is 0 Å². The van der Waals surface area contributed by atoms with Crippen LogP contribution in [0.2, 0.25) is 0 Å². The maximum absolute atomic E-state index is 12.3. The van der Waals surface area contributed by atoms with Gasteiger partial charge in [-0.2, -0.15) is 0 Å². The van der Waals surface area contributed by atoms with Gasteiger partial charge in [-0.05, 0) is 18.8 Å². The largest absolute Gasteiger partial charge is 0.383 e. The van der Waals surface area contributed by atoms with Gasteiger partial charge in [0.15, 0.2) is 5.96 Å². The second kappa shape index (κ2) is 15.8. The summed E-state index contributed by atoms with van der Waals surface area (Å²) in [5.74, 6) is 1.20. The van der Waals surface area contributed by atoms with Crippen molar-refractivity contribution in [3.05, 3.63) is 0 Å². The number of hydrogen-bond acceptors (Lipinski definition) is 4. The average molecular weight is 511 g/mol. The van der Waals surface area contributed by atoms with E-state index in [9.17, 15) is 9.59 Å². The highest BCUT2D eigenvalue weighted by molar-refractivity contribution is 14.0. The van der Waals surface area contributed by atoms with E-state index in [-0.39, 0.29) is 35.8 Å². The summed E-state index contributed by atoms with van der Waals surface area (Å²) < 4.78 is 4.93. The molecule has 28 heavy (non-hydrogen) atoms. The third-order valence-corrected chi connectivity index (χ3v) is 4.51. The number of guanidine groups is 1. The number of rotatable bonds is 11. The van der Waals surface area contributed by atoms with Crippen LogP contribution in [0.25, 0.3) is 0 Å². The first-order valence-electron chi connectivity index (χ1n) is 10.0. The van der Waals surface area contributed by atoms with Gasteiger partial charge in [-0.25, -0.2) is 0 Å². The SMILES string of the molecule is COCCNC(N)=NCCCCCC(=O)N1CCN(C(=O)CC(C)C)CC1.I. The number of nitrogens with one attached hydrogen (secondary N) is 1. The first-order chi connectivity index (χ1) is 12.9. The summed E-state index contributed by atoms with van der Waals surface area (Å²) >= 11 is 0. The number of nitrogens with two attached hydrogens (primary N) is 1. The third-order valence-electron chi connectivity index (χ3n) is 4.51. The lowest BCUT2D eigenvalue weighted by Gasteiger charge is -2.35. The number of hydrogen-bond donors (Lipinski definition) is 2. The van der Waals surface area contributed by atoms with E-state index >= 15 is 0 Å². The Hall–Kier alpha value is -1.10. The van der Waals surface area contributed by atoms with Gasteiger partial charge < -0.3 is 25.6 Å². The zero-order chi connectivity index (χ0) is 20.1. The fraction of sp³-hybridized carbons (Fsp3) is 0.842. The number of piperazine rings is 1. The Balaban J connectivity index is 0.00000729. The molecule has 1 aliphatic rings. The standard InChI is InChI=1S/C19H37N5O3.HI/c1-16(2)15-18(26)24-12-10-23(11-13-24)17(25)7-5-4-6-8-21-19(20)22-9-14-27-3;/h16H,4-15H2,1-3H3,(H3,20,21,22);1H. The molecule has 1 aliphatic heterocycles. The molecule has 2 amide bonds. The maximum Gasteiger partial charge on any atom is 0.222 e. The molecule has 3 N–H and O–H groups in total. The van der Waals surface area contributed by atoms with Crippen LogP contribution in [0.15, 0.2) is 4.99 Å². The van der Waals surface area contributed by atoms with Gasteiger partial charge in [0.2, 0.25) is 11.8 Å².